The summed E-state index contributed by atoms with van der Waals surface area (Å²) >= 11 is 0. The Balaban J connectivity index is 1.35. The number of nitrogens with one attached hydrogen (secondary N) is 1. The van der Waals surface area contributed by atoms with Gasteiger partial charge in [0, 0.05) is 43.3 Å². The monoisotopic (exact) mass is 486 g/mol. The first-order valence-electron chi connectivity index (χ1n) is 12.4. The molecule has 1 unspecified atom stereocenters. The molecule has 1 atom stereocenters. The zero-order chi connectivity index (χ0) is 24.7. The summed E-state index contributed by atoms with van der Waals surface area (Å²) < 4.78 is 25.3. The fraction of sp³-hybridized carbons (Fsp3) is 0.310. The van der Waals surface area contributed by atoms with Gasteiger partial charge in [0.15, 0.2) is 0 Å². The number of morpholine rings is 1. The number of hydrogen-bond donors (Lipinski definition) is 1. The lowest BCUT2D eigenvalue weighted by atomic mass is 10.1. The van der Waals surface area contributed by atoms with E-state index in [9.17, 15) is 4.39 Å². The van der Waals surface area contributed by atoms with Gasteiger partial charge in [0.1, 0.15) is 12.4 Å². The molecule has 7 heteroatoms. The van der Waals surface area contributed by atoms with E-state index in [-0.39, 0.29) is 18.5 Å². The van der Waals surface area contributed by atoms with Gasteiger partial charge < -0.3 is 14.8 Å². The van der Waals surface area contributed by atoms with Gasteiger partial charge >= 0.3 is 0 Å². The third kappa shape index (κ3) is 6.05. The Morgan fingerprint density at radius 3 is 2.75 bits per heavy atom. The minimum atomic E-state index is -0.274. The highest BCUT2D eigenvalue weighted by Gasteiger charge is 2.23. The minimum Gasteiger partial charge on any atom is -0.473 e. The standard InChI is InChI=1S/C29H31FN4O2/c1-21-8-9-26-23(15-21)17-24(29(33-26)36-20-22-5-4-6-25(30)16-22)18-31-19-28(27-7-2-3-10-32-27)34-11-13-35-14-12-34/h2-10,15-17,28,31H,11-14,18-20H2,1H3. The highest BCUT2D eigenvalue weighted by Crippen LogP contribution is 2.25. The molecule has 1 saturated heterocycles. The maximum absolute atomic E-state index is 13.7. The first-order valence-corrected chi connectivity index (χ1v) is 12.4. The summed E-state index contributed by atoms with van der Waals surface area (Å²) in [6, 6.07) is 21.0. The molecule has 0 spiro atoms. The molecule has 0 radical (unpaired) electrons. The number of ether oxygens (including phenoxy) is 2. The maximum Gasteiger partial charge on any atom is 0.218 e. The van der Waals surface area contributed by atoms with Crippen LogP contribution >= 0.6 is 0 Å². The zero-order valence-electron chi connectivity index (χ0n) is 20.5. The SMILES string of the molecule is Cc1ccc2nc(OCc3cccc(F)c3)c(CNCC(c3ccccn3)N3CCOCC3)cc2c1. The molecule has 2 aromatic heterocycles. The molecule has 1 aliphatic heterocycles. The number of fused-ring (bicyclic) bond motifs is 1. The highest BCUT2D eigenvalue weighted by molar-refractivity contribution is 5.80. The molecule has 1 N–H and O–H groups in total. The quantitative estimate of drug-likeness (QED) is 0.366. The lowest BCUT2D eigenvalue weighted by molar-refractivity contribution is 0.0152. The molecule has 1 fully saturated rings. The van der Waals surface area contributed by atoms with Gasteiger partial charge in [-0.05, 0) is 55.0 Å². The van der Waals surface area contributed by atoms with Crippen molar-refractivity contribution >= 4 is 10.9 Å². The van der Waals surface area contributed by atoms with E-state index in [1.165, 1.54) is 17.7 Å². The van der Waals surface area contributed by atoms with Gasteiger partial charge in [-0.1, -0.05) is 29.8 Å². The van der Waals surface area contributed by atoms with Crippen LogP contribution in [-0.2, 0) is 17.9 Å². The molecular weight excluding hydrogens is 455 g/mol. The van der Waals surface area contributed by atoms with Crippen LogP contribution in [0.5, 0.6) is 5.88 Å². The van der Waals surface area contributed by atoms with Crippen LogP contribution in [0.15, 0.2) is 72.9 Å². The molecule has 186 valence electrons. The van der Waals surface area contributed by atoms with Crippen molar-refractivity contribution in [2.24, 2.45) is 0 Å². The molecule has 0 bridgehead atoms. The van der Waals surface area contributed by atoms with E-state index in [0.29, 0.717) is 12.4 Å². The number of benzene rings is 2. The molecular formula is C29H31FN4O2. The largest absolute Gasteiger partial charge is 0.473 e. The number of pyridine rings is 2. The molecule has 1 aliphatic rings. The minimum absolute atomic E-state index is 0.141. The van der Waals surface area contributed by atoms with Crippen LogP contribution in [0.2, 0.25) is 0 Å². The van der Waals surface area contributed by atoms with Crippen molar-refractivity contribution in [1.82, 2.24) is 20.2 Å². The third-order valence-electron chi connectivity index (χ3n) is 6.44. The fourth-order valence-corrected chi connectivity index (χ4v) is 4.58. The Hall–Kier alpha value is -3.39. The highest BCUT2D eigenvalue weighted by atomic mass is 19.1. The van der Waals surface area contributed by atoms with Crippen LogP contribution in [0.25, 0.3) is 10.9 Å². The number of aryl methyl sites for hydroxylation is 1. The molecule has 36 heavy (non-hydrogen) atoms. The Morgan fingerprint density at radius 2 is 1.94 bits per heavy atom. The fourth-order valence-electron chi connectivity index (χ4n) is 4.58. The number of aromatic nitrogens is 2. The average molecular weight is 487 g/mol. The average Bonchev–Trinajstić information content (AvgIpc) is 2.91. The molecule has 6 nitrogen and oxygen atoms in total. The van der Waals surface area contributed by atoms with Crippen molar-refractivity contribution in [3.8, 4) is 5.88 Å². The van der Waals surface area contributed by atoms with Crippen LogP contribution in [0, 0.1) is 12.7 Å². The van der Waals surface area contributed by atoms with Crippen molar-refractivity contribution < 1.29 is 13.9 Å². The van der Waals surface area contributed by atoms with Gasteiger partial charge in [-0.2, -0.15) is 0 Å². The predicted octanol–water partition coefficient (Wildman–Crippen LogP) is 4.82. The van der Waals surface area contributed by atoms with Crippen molar-refractivity contribution in [3.63, 3.8) is 0 Å². The summed E-state index contributed by atoms with van der Waals surface area (Å²) in [5.41, 5.74) is 4.83. The van der Waals surface area contributed by atoms with Crippen LogP contribution in [0.3, 0.4) is 0 Å². The summed E-state index contributed by atoms with van der Waals surface area (Å²) in [6.07, 6.45) is 1.84. The van der Waals surface area contributed by atoms with E-state index < -0.39 is 0 Å². The van der Waals surface area contributed by atoms with Gasteiger partial charge in [-0.15, -0.1) is 0 Å². The first kappa shape index (κ1) is 24.3. The van der Waals surface area contributed by atoms with Gasteiger partial charge in [-0.25, -0.2) is 9.37 Å². The van der Waals surface area contributed by atoms with E-state index in [1.54, 1.807) is 6.07 Å². The third-order valence-corrected chi connectivity index (χ3v) is 6.44. The van der Waals surface area contributed by atoms with Gasteiger partial charge in [-0.3, -0.25) is 9.88 Å². The zero-order valence-corrected chi connectivity index (χ0v) is 20.5. The second-order valence-electron chi connectivity index (χ2n) is 9.12. The lowest BCUT2D eigenvalue weighted by Crippen LogP contribution is -2.43. The molecule has 0 aliphatic carbocycles. The van der Waals surface area contributed by atoms with Crippen LogP contribution in [-0.4, -0.2) is 47.7 Å². The van der Waals surface area contributed by atoms with Crippen molar-refractivity contribution in [3.05, 3.63) is 101 Å². The van der Waals surface area contributed by atoms with Crippen LogP contribution in [0.4, 0.5) is 4.39 Å². The summed E-state index contributed by atoms with van der Waals surface area (Å²) in [5, 5.41) is 4.69. The Bertz CT molecular complexity index is 1300. The molecule has 0 amide bonds. The molecule has 0 saturated carbocycles. The van der Waals surface area contributed by atoms with Crippen molar-refractivity contribution in [2.75, 3.05) is 32.8 Å². The van der Waals surface area contributed by atoms with E-state index >= 15 is 0 Å². The van der Waals surface area contributed by atoms with Crippen LogP contribution in [0.1, 0.15) is 28.4 Å². The predicted molar refractivity (Wildman–Crippen MR) is 138 cm³/mol. The van der Waals surface area contributed by atoms with E-state index in [1.807, 2.05) is 36.5 Å². The Kier molecular flexibility index (Phi) is 7.81. The first-order chi connectivity index (χ1) is 17.7. The number of hydrogen-bond acceptors (Lipinski definition) is 6. The topological polar surface area (TPSA) is 59.5 Å². The Labute approximate surface area is 211 Å². The van der Waals surface area contributed by atoms with Crippen LogP contribution < -0.4 is 10.1 Å². The Morgan fingerprint density at radius 1 is 1.06 bits per heavy atom. The van der Waals surface area contributed by atoms with Crippen molar-refractivity contribution in [1.29, 1.82) is 0 Å². The smallest absolute Gasteiger partial charge is 0.218 e. The molecule has 2 aromatic carbocycles. The molecule has 3 heterocycles. The molecule has 5 rings (SSSR count). The molecule has 4 aromatic rings. The summed E-state index contributed by atoms with van der Waals surface area (Å²) in [4.78, 5) is 11.9. The van der Waals surface area contributed by atoms with E-state index in [4.69, 9.17) is 14.5 Å². The number of nitrogens with zero attached hydrogens (tertiary/aromatic N) is 3. The second kappa shape index (κ2) is 11.6. The van der Waals surface area contributed by atoms with Gasteiger partial charge in [0.2, 0.25) is 5.88 Å². The second-order valence-corrected chi connectivity index (χ2v) is 9.12. The summed E-state index contributed by atoms with van der Waals surface area (Å²) in [5.74, 6) is 0.285. The maximum atomic E-state index is 13.7. The summed E-state index contributed by atoms with van der Waals surface area (Å²) in [6.45, 7) is 6.86. The summed E-state index contributed by atoms with van der Waals surface area (Å²) in [7, 11) is 0. The van der Waals surface area contributed by atoms with Gasteiger partial charge in [0.05, 0.1) is 30.5 Å². The van der Waals surface area contributed by atoms with Gasteiger partial charge in [0.25, 0.3) is 0 Å². The normalized spacial score (nSPS) is 15.2. The van der Waals surface area contributed by atoms with E-state index in [0.717, 1.165) is 60.6 Å². The lowest BCUT2D eigenvalue weighted by Gasteiger charge is -2.34. The van der Waals surface area contributed by atoms with E-state index in [2.05, 4.69) is 40.3 Å². The number of halogens is 1. The van der Waals surface area contributed by atoms with Crippen molar-refractivity contribution in [2.45, 2.75) is 26.1 Å². The number of rotatable bonds is 9.